The van der Waals surface area contributed by atoms with Crippen LogP contribution in [-0.4, -0.2) is 22.8 Å². The van der Waals surface area contributed by atoms with Gasteiger partial charge in [-0.2, -0.15) is 4.98 Å². The van der Waals surface area contributed by atoms with E-state index in [1.54, 1.807) is 6.07 Å². The van der Waals surface area contributed by atoms with Crippen LogP contribution in [0.5, 0.6) is 5.88 Å². The third kappa shape index (κ3) is 3.41. The molecule has 0 amide bonds. The van der Waals surface area contributed by atoms with Crippen LogP contribution in [0.4, 0.5) is 5.82 Å². The summed E-state index contributed by atoms with van der Waals surface area (Å²) in [7, 11) is 0. The minimum Gasteiger partial charge on any atom is -0.477 e. The zero-order valence-corrected chi connectivity index (χ0v) is 9.47. The van der Waals surface area contributed by atoms with Gasteiger partial charge < -0.3 is 10.5 Å². The molecule has 0 radical (unpaired) electrons. The Labute approximate surface area is 88.3 Å². The highest BCUT2D eigenvalue weighted by atomic mass is 32.2. The first-order valence-electron chi connectivity index (χ1n) is 4.43. The first kappa shape index (κ1) is 11.1. The van der Waals surface area contributed by atoms with Crippen molar-refractivity contribution in [2.75, 3.05) is 18.6 Å². The van der Waals surface area contributed by atoms with Crippen LogP contribution in [0.2, 0.25) is 0 Å². The topological polar surface area (TPSA) is 61.0 Å². The van der Waals surface area contributed by atoms with Crippen LogP contribution in [0, 0.1) is 5.92 Å². The molecule has 5 heteroatoms. The van der Waals surface area contributed by atoms with Crippen molar-refractivity contribution in [2.45, 2.75) is 19.0 Å². The summed E-state index contributed by atoms with van der Waals surface area (Å²) in [5.41, 5.74) is 5.60. The van der Waals surface area contributed by atoms with E-state index in [2.05, 4.69) is 23.8 Å². The third-order valence-corrected chi connectivity index (χ3v) is 2.00. The summed E-state index contributed by atoms with van der Waals surface area (Å²) < 4.78 is 5.45. The Morgan fingerprint density at radius 2 is 2.21 bits per heavy atom. The molecule has 0 saturated heterocycles. The van der Waals surface area contributed by atoms with Gasteiger partial charge in [0.2, 0.25) is 5.88 Å². The number of nitrogens with zero attached hydrogens (tertiary/aromatic N) is 2. The maximum atomic E-state index is 5.60. The number of nitrogen functional groups attached to an aromatic ring is 1. The van der Waals surface area contributed by atoms with Gasteiger partial charge in [0.15, 0.2) is 5.16 Å². The fraction of sp³-hybridized carbons (Fsp3) is 0.556. The average Bonchev–Trinajstić information content (AvgIpc) is 2.14. The van der Waals surface area contributed by atoms with Gasteiger partial charge in [-0.3, -0.25) is 0 Å². The van der Waals surface area contributed by atoms with Crippen LogP contribution in [0.3, 0.4) is 0 Å². The van der Waals surface area contributed by atoms with E-state index in [0.29, 0.717) is 29.4 Å². The maximum Gasteiger partial charge on any atom is 0.219 e. The van der Waals surface area contributed by atoms with Gasteiger partial charge in [-0.1, -0.05) is 25.6 Å². The molecular weight excluding hydrogens is 198 g/mol. The molecule has 4 nitrogen and oxygen atoms in total. The predicted molar refractivity (Wildman–Crippen MR) is 58.6 cm³/mol. The average molecular weight is 213 g/mol. The Morgan fingerprint density at radius 3 is 2.79 bits per heavy atom. The highest BCUT2D eigenvalue weighted by Crippen LogP contribution is 2.17. The van der Waals surface area contributed by atoms with Gasteiger partial charge in [0.1, 0.15) is 5.82 Å². The van der Waals surface area contributed by atoms with Crippen molar-refractivity contribution in [1.29, 1.82) is 0 Å². The minimum atomic E-state index is 0.447. The molecule has 0 aromatic carbocycles. The zero-order chi connectivity index (χ0) is 10.6. The Morgan fingerprint density at radius 1 is 1.50 bits per heavy atom. The van der Waals surface area contributed by atoms with Crippen LogP contribution in [0.1, 0.15) is 13.8 Å². The molecule has 0 fully saturated rings. The van der Waals surface area contributed by atoms with Gasteiger partial charge in [-0.15, -0.1) is 0 Å². The summed E-state index contributed by atoms with van der Waals surface area (Å²) in [6, 6.07) is 1.64. The molecule has 14 heavy (non-hydrogen) atoms. The number of thioether (sulfide) groups is 1. The summed E-state index contributed by atoms with van der Waals surface area (Å²) in [5.74, 6) is 1.47. The summed E-state index contributed by atoms with van der Waals surface area (Å²) in [6.07, 6.45) is 1.90. The molecule has 0 bridgehead atoms. The molecule has 0 aliphatic carbocycles. The Kier molecular flexibility index (Phi) is 4.00. The van der Waals surface area contributed by atoms with Crippen molar-refractivity contribution in [3.05, 3.63) is 6.07 Å². The number of hydrogen-bond donors (Lipinski definition) is 1. The Balaban J connectivity index is 2.71. The standard InChI is InChI=1S/C9H15N3OS/c1-6(2)5-13-8-4-7(10)11-9(12-8)14-3/h4,6H,5H2,1-3H3,(H2,10,11,12). The molecule has 1 aromatic rings. The highest BCUT2D eigenvalue weighted by molar-refractivity contribution is 7.98. The van der Waals surface area contributed by atoms with Gasteiger partial charge >= 0.3 is 0 Å². The molecule has 1 rings (SSSR count). The highest BCUT2D eigenvalue weighted by Gasteiger charge is 2.03. The molecule has 0 atom stereocenters. The molecule has 0 saturated carbocycles. The summed E-state index contributed by atoms with van der Waals surface area (Å²) in [4.78, 5) is 8.20. The normalized spacial score (nSPS) is 10.6. The van der Waals surface area contributed by atoms with Crippen LogP contribution in [-0.2, 0) is 0 Å². The van der Waals surface area contributed by atoms with Crippen molar-refractivity contribution in [1.82, 2.24) is 9.97 Å². The molecule has 78 valence electrons. The van der Waals surface area contributed by atoms with Crippen molar-refractivity contribution in [3.63, 3.8) is 0 Å². The van der Waals surface area contributed by atoms with Crippen molar-refractivity contribution < 1.29 is 4.74 Å². The summed E-state index contributed by atoms with van der Waals surface area (Å²) in [5, 5.41) is 0.642. The van der Waals surface area contributed by atoms with Gasteiger partial charge in [0.05, 0.1) is 6.61 Å². The quantitative estimate of drug-likeness (QED) is 0.610. The second kappa shape index (κ2) is 5.05. The lowest BCUT2D eigenvalue weighted by atomic mass is 10.2. The van der Waals surface area contributed by atoms with Gasteiger partial charge in [0, 0.05) is 6.07 Å². The Hall–Kier alpha value is -0.970. The number of rotatable bonds is 4. The molecule has 2 N–H and O–H groups in total. The van der Waals surface area contributed by atoms with E-state index in [-0.39, 0.29) is 0 Å². The second-order valence-electron chi connectivity index (χ2n) is 3.32. The van der Waals surface area contributed by atoms with E-state index in [1.807, 2.05) is 6.26 Å². The van der Waals surface area contributed by atoms with Gasteiger partial charge in [0.25, 0.3) is 0 Å². The minimum absolute atomic E-state index is 0.447. The molecule has 0 aliphatic heterocycles. The zero-order valence-electron chi connectivity index (χ0n) is 8.65. The molecule has 0 aliphatic rings. The first-order chi connectivity index (χ1) is 6.61. The predicted octanol–water partition coefficient (Wildman–Crippen LogP) is 1.82. The van der Waals surface area contributed by atoms with E-state index in [4.69, 9.17) is 10.5 Å². The molecule has 0 spiro atoms. The number of aromatic nitrogens is 2. The summed E-state index contributed by atoms with van der Waals surface area (Å²) >= 11 is 1.45. The van der Waals surface area contributed by atoms with Crippen molar-refractivity contribution in [3.8, 4) is 5.88 Å². The van der Waals surface area contributed by atoms with E-state index in [1.165, 1.54) is 11.8 Å². The van der Waals surface area contributed by atoms with Crippen molar-refractivity contribution in [2.24, 2.45) is 5.92 Å². The fourth-order valence-corrected chi connectivity index (χ4v) is 1.22. The molecule has 1 aromatic heterocycles. The van der Waals surface area contributed by atoms with Crippen molar-refractivity contribution >= 4 is 17.6 Å². The lowest BCUT2D eigenvalue weighted by Crippen LogP contribution is -2.07. The first-order valence-corrected chi connectivity index (χ1v) is 5.65. The lowest BCUT2D eigenvalue weighted by Gasteiger charge is -2.08. The van der Waals surface area contributed by atoms with E-state index in [0.717, 1.165) is 0 Å². The van der Waals surface area contributed by atoms with Gasteiger partial charge in [-0.25, -0.2) is 4.98 Å². The van der Waals surface area contributed by atoms with E-state index in [9.17, 15) is 0 Å². The van der Waals surface area contributed by atoms with E-state index < -0.39 is 0 Å². The number of ether oxygens (including phenoxy) is 1. The summed E-state index contributed by atoms with van der Waals surface area (Å²) in [6.45, 7) is 4.81. The number of hydrogen-bond acceptors (Lipinski definition) is 5. The molecule has 0 unspecified atom stereocenters. The maximum absolute atomic E-state index is 5.60. The van der Waals surface area contributed by atoms with Crippen LogP contribution in [0.25, 0.3) is 0 Å². The number of nitrogens with two attached hydrogens (primary N) is 1. The smallest absolute Gasteiger partial charge is 0.219 e. The van der Waals surface area contributed by atoms with Gasteiger partial charge in [-0.05, 0) is 12.2 Å². The largest absolute Gasteiger partial charge is 0.477 e. The molecule has 1 heterocycles. The van der Waals surface area contributed by atoms with Crippen LogP contribution < -0.4 is 10.5 Å². The lowest BCUT2D eigenvalue weighted by molar-refractivity contribution is 0.259. The number of anilines is 1. The monoisotopic (exact) mass is 213 g/mol. The van der Waals surface area contributed by atoms with Crippen LogP contribution in [0.15, 0.2) is 11.2 Å². The second-order valence-corrected chi connectivity index (χ2v) is 4.10. The van der Waals surface area contributed by atoms with Crippen LogP contribution >= 0.6 is 11.8 Å². The van der Waals surface area contributed by atoms with E-state index >= 15 is 0 Å². The SMILES string of the molecule is CSc1nc(N)cc(OCC(C)C)n1. The fourth-order valence-electron chi connectivity index (χ4n) is 0.838. The molecular formula is C9H15N3OS. The Bertz CT molecular complexity index is 304. The third-order valence-electron chi connectivity index (χ3n) is 1.45.